The molecule has 0 saturated carbocycles. The van der Waals surface area contributed by atoms with Crippen LogP contribution in [0.4, 0.5) is 13.2 Å². The SMILES string of the molecule is CC(C)[C@@H]1C[C@@H](CC(=O)O)CN(Cc2ccc(C(F)(F)F)cc2)C1. The molecule has 1 aromatic rings. The van der Waals surface area contributed by atoms with E-state index in [2.05, 4.69) is 18.7 Å². The fraction of sp³-hybridized carbons (Fsp3) is 0.611. The van der Waals surface area contributed by atoms with Crippen molar-refractivity contribution in [3.8, 4) is 0 Å². The first-order valence-corrected chi connectivity index (χ1v) is 8.25. The second kappa shape index (κ2) is 7.55. The molecule has 0 radical (unpaired) electrons. The summed E-state index contributed by atoms with van der Waals surface area (Å²) in [5, 5.41) is 9.05. The van der Waals surface area contributed by atoms with Gasteiger partial charge in [0, 0.05) is 26.1 Å². The number of alkyl halides is 3. The molecule has 0 aliphatic carbocycles. The van der Waals surface area contributed by atoms with E-state index in [-0.39, 0.29) is 12.3 Å². The van der Waals surface area contributed by atoms with Crippen molar-refractivity contribution in [2.24, 2.45) is 17.8 Å². The number of carbonyl (C=O) groups is 1. The highest BCUT2D eigenvalue weighted by molar-refractivity contribution is 5.67. The lowest BCUT2D eigenvalue weighted by Gasteiger charge is -2.39. The molecular formula is C18H24F3NO2. The fourth-order valence-electron chi connectivity index (χ4n) is 3.41. The lowest BCUT2D eigenvalue weighted by molar-refractivity contribution is -0.139. The Morgan fingerprint density at radius 3 is 2.38 bits per heavy atom. The minimum Gasteiger partial charge on any atom is -0.481 e. The second-order valence-electron chi connectivity index (χ2n) is 7.09. The van der Waals surface area contributed by atoms with Gasteiger partial charge in [-0.15, -0.1) is 0 Å². The maximum atomic E-state index is 12.6. The molecule has 1 aliphatic heterocycles. The summed E-state index contributed by atoms with van der Waals surface area (Å²) < 4.78 is 37.9. The van der Waals surface area contributed by atoms with Crippen LogP contribution in [0.1, 0.15) is 37.8 Å². The predicted molar refractivity (Wildman–Crippen MR) is 85.4 cm³/mol. The number of likely N-dealkylation sites (tertiary alicyclic amines) is 1. The zero-order chi connectivity index (χ0) is 17.9. The van der Waals surface area contributed by atoms with Crippen molar-refractivity contribution in [2.45, 2.75) is 39.4 Å². The molecule has 2 atom stereocenters. The monoisotopic (exact) mass is 343 g/mol. The zero-order valence-electron chi connectivity index (χ0n) is 14.0. The van der Waals surface area contributed by atoms with Gasteiger partial charge in [-0.3, -0.25) is 9.69 Å². The lowest BCUT2D eigenvalue weighted by atomic mass is 9.81. The van der Waals surface area contributed by atoms with Gasteiger partial charge in [0.05, 0.1) is 5.56 Å². The average molecular weight is 343 g/mol. The van der Waals surface area contributed by atoms with Crippen LogP contribution in [0.15, 0.2) is 24.3 Å². The third kappa shape index (κ3) is 5.23. The number of carboxylic acid groups (broad SMARTS) is 1. The molecule has 24 heavy (non-hydrogen) atoms. The number of rotatable bonds is 5. The number of carboxylic acids is 1. The quantitative estimate of drug-likeness (QED) is 0.868. The Balaban J connectivity index is 2.05. The van der Waals surface area contributed by atoms with Crippen molar-refractivity contribution in [2.75, 3.05) is 13.1 Å². The zero-order valence-corrected chi connectivity index (χ0v) is 14.0. The number of nitrogens with zero attached hydrogens (tertiary/aromatic N) is 1. The summed E-state index contributed by atoms with van der Waals surface area (Å²) in [6, 6.07) is 5.23. The molecule has 1 heterocycles. The number of piperidine rings is 1. The first kappa shape index (κ1) is 18.8. The molecule has 0 aromatic heterocycles. The van der Waals surface area contributed by atoms with Gasteiger partial charge in [0.1, 0.15) is 0 Å². The molecule has 0 spiro atoms. The molecule has 0 amide bonds. The Labute approximate surface area is 140 Å². The van der Waals surface area contributed by atoms with Gasteiger partial charge in [-0.05, 0) is 41.9 Å². The maximum Gasteiger partial charge on any atom is 0.416 e. The van der Waals surface area contributed by atoms with Crippen molar-refractivity contribution in [1.82, 2.24) is 4.90 Å². The molecule has 1 saturated heterocycles. The number of aliphatic carboxylic acids is 1. The normalized spacial score (nSPS) is 22.8. The van der Waals surface area contributed by atoms with E-state index in [9.17, 15) is 18.0 Å². The summed E-state index contributed by atoms with van der Waals surface area (Å²) in [4.78, 5) is 13.2. The molecule has 0 unspecified atom stereocenters. The largest absolute Gasteiger partial charge is 0.481 e. The second-order valence-corrected chi connectivity index (χ2v) is 7.09. The third-order valence-electron chi connectivity index (χ3n) is 4.74. The Bertz CT molecular complexity index is 554. The summed E-state index contributed by atoms with van der Waals surface area (Å²) in [7, 11) is 0. The summed E-state index contributed by atoms with van der Waals surface area (Å²) in [6.07, 6.45) is -3.28. The minimum atomic E-state index is -4.32. The van der Waals surface area contributed by atoms with Crippen LogP contribution >= 0.6 is 0 Å². The van der Waals surface area contributed by atoms with Gasteiger partial charge in [0.15, 0.2) is 0 Å². The van der Waals surface area contributed by atoms with Crippen LogP contribution in [-0.2, 0) is 17.5 Å². The molecule has 1 aliphatic rings. The van der Waals surface area contributed by atoms with Gasteiger partial charge in [0.2, 0.25) is 0 Å². The highest BCUT2D eigenvalue weighted by atomic mass is 19.4. The Hall–Kier alpha value is -1.56. The Kier molecular flexibility index (Phi) is 5.91. The molecule has 6 heteroatoms. The van der Waals surface area contributed by atoms with Gasteiger partial charge < -0.3 is 5.11 Å². The Morgan fingerprint density at radius 2 is 1.88 bits per heavy atom. The van der Waals surface area contributed by atoms with Crippen LogP contribution in [-0.4, -0.2) is 29.1 Å². The van der Waals surface area contributed by atoms with Crippen molar-refractivity contribution in [1.29, 1.82) is 0 Å². The van der Waals surface area contributed by atoms with Crippen molar-refractivity contribution in [3.05, 3.63) is 35.4 Å². The van der Waals surface area contributed by atoms with E-state index in [0.717, 1.165) is 30.7 Å². The molecule has 1 fully saturated rings. The summed E-state index contributed by atoms with van der Waals surface area (Å²) in [5.41, 5.74) is 0.176. The van der Waals surface area contributed by atoms with Gasteiger partial charge in [-0.2, -0.15) is 13.2 Å². The highest BCUT2D eigenvalue weighted by Gasteiger charge is 2.31. The van der Waals surface area contributed by atoms with E-state index >= 15 is 0 Å². The van der Waals surface area contributed by atoms with Crippen molar-refractivity contribution < 1.29 is 23.1 Å². The molecule has 1 N–H and O–H groups in total. The van der Waals surface area contributed by atoms with E-state index in [1.54, 1.807) is 0 Å². The third-order valence-corrected chi connectivity index (χ3v) is 4.74. The summed E-state index contributed by atoms with van der Waals surface area (Å²) in [6.45, 7) is 6.34. The van der Waals surface area contributed by atoms with Crippen molar-refractivity contribution in [3.63, 3.8) is 0 Å². The number of hydrogen-bond acceptors (Lipinski definition) is 2. The molecular weight excluding hydrogens is 319 g/mol. The molecule has 0 bridgehead atoms. The smallest absolute Gasteiger partial charge is 0.416 e. The maximum absolute atomic E-state index is 12.6. The molecule has 1 aromatic carbocycles. The highest BCUT2D eigenvalue weighted by Crippen LogP contribution is 2.31. The van der Waals surface area contributed by atoms with E-state index in [4.69, 9.17) is 5.11 Å². The van der Waals surface area contributed by atoms with Gasteiger partial charge in [-0.25, -0.2) is 0 Å². The molecule has 134 valence electrons. The number of halogens is 3. The first-order valence-electron chi connectivity index (χ1n) is 8.25. The average Bonchev–Trinajstić information content (AvgIpc) is 2.45. The van der Waals surface area contributed by atoms with Gasteiger partial charge >= 0.3 is 12.1 Å². The van der Waals surface area contributed by atoms with Crippen LogP contribution in [0, 0.1) is 17.8 Å². The van der Waals surface area contributed by atoms with Gasteiger partial charge in [0.25, 0.3) is 0 Å². The van der Waals surface area contributed by atoms with E-state index in [0.29, 0.717) is 24.9 Å². The van der Waals surface area contributed by atoms with E-state index in [1.807, 2.05) is 0 Å². The fourth-order valence-corrected chi connectivity index (χ4v) is 3.41. The topological polar surface area (TPSA) is 40.5 Å². The van der Waals surface area contributed by atoms with Crippen LogP contribution < -0.4 is 0 Å². The van der Waals surface area contributed by atoms with Gasteiger partial charge in [-0.1, -0.05) is 26.0 Å². The summed E-state index contributed by atoms with van der Waals surface area (Å²) in [5.74, 6) is 0.172. The van der Waals surface area contributed by atoms with Crippen LogP contribution in [0.25, 0.3) is 0 Å². The number of hydrogen-bond donors (Lipinski definition) is 1. The van der Waals surface area contributed by atoms with Crippen LogP contribution in [0.3, 0.4) is 0 Å². The van der Waals surface area contributed by atoms with Crippen LogP contribution in [0.5, 0.6) is 0 Å². The molecule has 3 nitrogen and oxygen atoms in total. The minimum absolute atomic E-state index is 0.0955. The predicted octanol–water partition coefficient (Wildman–Crippen LogP) is 4.27. The summed E-state index contributed by atoms with van der Waals surface area (Å²) >= 11 is 0. The lowest BCUT2D eigenvalue weighted by Crippen LogP contribution is -2.42. The standard InChI is InChI=1S/C18H24F3NO2/c1-12(2)15-7-14(8-17(23)24)10-22(11-15)9-13-3-5-16(6-4-13)18(19,20)21/h3-6,12,14-15H,7-11H2,1-2H3,(H,23,24)/t14-,15+/m0/s1. The number of benzene rings is 1. The Morgan fingerprint density at radius 1 is 1.25 bits per heavy atom. The van der Waals surface area contributed by atoms with Crippen molar-refractivity contribution >= 4 is 5.97 Å². The van der Waals surface area contributed by atoms with Crippen LogP contribution in [0.2, 0.25) is 0 Å². The van der Waals surface area contributed by atoms with E-state index in [1.165, 1.54) is 12.1 Å². The first-order chi connectivity index (χ1) is 11.1. The van der Waals surface area contributed by atoms with E-state index < -0.39 is 17.7 Å². The molecule has 2 rings (SSSR count).